The third-order valence-electron chi connectivity index (χ3n) is 3.17. The molecule has 1 N–H and O–H groups in total. The molecule has 0 aliphatic heterocycles. The molecule has 0 saturated heterocycles. The van der Waals surface area contributed by atoms with Crippen LogP contribution < -0.4 is 5.32 Å². The summed E-state index contributed by atoms with van der Waals surface area (Å²) in [6.07, 6.45) is 0.858. The Morgan fingerprint density at radius 2 is 1.74 bits per heavy atom. The van der Waals surface area contributed by atoms with E-state index in [0.717, 1.165) is 23.0 Å². The molecule has 0 fully saturated rings. The smallest absolute Gasteiger partial charge is 0.142 e. The van der Waals surface area contributed by atoms with Crippen LogP contribution in [0.3, 0.4) is 0 Å². The largest absolute Gasteiger partial charge is 0.314 e. The number of carbonyl (C=O) groups excluding carboxylic acids is 1. The number of hydrogen-bond acceptors (Lipinski definition) is 2. The van der Waals surface area contributed by atoms with Gasteiger partial charge in [-0.1, -0.05) is 55.8 Å². The van der Waals surface area contributed by atoms with Gasteiger partial charge in [-0.25, -0.2) is 0 Å². The fourth-order valence-corrected chi connectivity index (χ4v) is 2.35. The second-order valence-electron chi connectivity index (χ2n) is 5.56. The van der Waals surface area contributed by atoms with Crippen LogP contribution in [-0.2, 0) is 4.79 Å². The van der Waals surface area contributed by atoms with Crippen molar-refractivity contribution in [1.82, 2.24) is 5.32 Å². The number of ketones is 1. The first-order valence-electron chi connectivity index (χ1n) is 6.94. The summed E-state index contributed by atoms with van der Waals surface area (Å²) in [5.74, 6) is 0.403. The van der Waals surface area contributed by atoms with Gasteiger partial charge in [0.05, 0.1) is 0 Å². The second kappa shape index (κ2) is 7.81. The molecule has 0 bridgehead atoms. The predicted molar refractivity (Wildman–Crippen MR) is 84.5 cm³/mol. The van der Waals surface area contributed by atoms with Gasteiger partial charge in [0, 0.05) is 22.4 Å². The van der Waals surface area contributed by atoms with Crippen molar-refractivity contribution in [3.63, 3.8) is 0 Å². The third kappa shape index (κ3) is 5.45. The zero-order chi connectivity index (χ0) is 14.4. The van der Waals surface area contributed by atoms with E-state index < -0.39 is 0 Å². The summed E-state index contributed by atoms with van der Waals surface area (Å²) in [6, 6.07) is 8.56. The Bertz CT molecular complexity index is 398. The Hall–Kier alpha value is -0.670. The van der Waals surface area contributed by atoms with Crippen LogP contribution in [0.5, 0.6) is 0 Å². The van der Waals surface area contributed by atoms with Crippen LogP contribution in [-0.4, -0.2) is 18.4 Å². The number of nitrogens with one attached hydrogen (secondary N) is 1. The molecule has 19 heavy (non-hydrogen) atoms. The van der Waals surface area contributed by atoms with Crippen molar-refractivity contribution in [3.05, 3.63) is 34.3 Å². The van der Waals surface area contributed by atoms with Crippen molar-refractivity contribution in [1.29, 1.82) is 0 Å². The summed E-state index contributed by atoms with van der Waals surface area (Å²) in [4.78, 5) is 12.4. The molecule has 0 unspecified atom stereocenters. The average Bonchev–Trinajstić information content (AvgIpc) is 2.35. The molecule has 0 radical (unpaired) electrons. The van der Waals surface area contributed by atoms with Gasteiger partial charge in [-0.15, -0.1) is 0 Å². The first-order chi connectivity index (χ1) is 8.91. The quantitative estimate of drug-likeness (QED) is 0.816. The summed E-state index contributed by atoms with van der Waals surface area (Å²) >= 11 is 3.43. The van der Waals surface area contributed by atoms with Gasteiger partial charge >= 0.3 is 0 Å². The van der Waals surface area contributed by atoms with Crippen molar-refractivity contribution >= 4 is 21.7 Å². The molecule has 1 aromatic rings. The lowest BCUT2D eigenvalue weighted by molar-refractivity contribution is -0.123. The van der Waals surface area contributed by atoms with E-state index in [9.17, 15) is 4.79 Å². The predicted octanol–water partition coefficient (Wildman–Crippen LogP) is 4.15. The highest BCUT2D eigenvalue weighted by Crippen LogP contribution is 2.25. The van der Waals surface area contributed by atoms with E-state index in [1.165, 1.54) is 0 Å². The van der Waals surface area contributed by atoms with Gasteiger partial charge in [0.25, 0.3) is 0 Å². The Morgan fingerprint density at radius 1 is 1.16 bits per heavy atom. The highest BCUT2D eigenvalue weighted by Gasteiger charge is 2.22. The van der Waals surface area contributed by atoms with Crippen molar-refractivity contribution in [2.24, 2.45) is 5.92 Å². The lowest BCUT2D eigenvalue weighted by Crippen LogP contribution is -2.28. The van der Waals surface area contributed by atoms with Crippen molar-refractivity contribution < 1.29 is 4.79 Å². The maximum atomic E-state index is 12.4. The topological polar surface area (TPSA) is 29.1 Å². The molecule has 3 heteroatoms. The second-order valence-corrected chi connectivity index (χ2v) is 6.47. The fourth-order valence-electron chi connectivity index (χ4n) is 2.09. The summed E-state index contributed by atoms with van der Waals surface area (Å²) in [6.45, 7) is 9.07. The number of Topliss-reactive ketones (excluding diaryl/α,β-unsaturated/α-hetero) is 1. The van der Waals surface area contributed by atoms with Gasteiger partial charge in [-0.2, -0.15) is 0 Å². The Balaban J connectivity index is 2.80. The SMILES string of the molecule is CC(C)NCC[C@@H](C(=O)C(C)C)c1ccc(Br)cc1. The maximum Gasteiger partial charge on any atom is 0.142 e. The van der Waals surface area contributed by atoms with Crippen LogP contribution in [0.4, 0.5) is 0 Å². The van der Waals surface area contributed by atoms with Gasteiger partial charge < -0.3 is 5.32 Å². The van der Waals surface area contributed by atoms with E-state index >= 15 is 0 Å². The van der Waals surface area contributed by atoms with Crippen molar-refractivity contribution in [2.75, 3.05) is 6.54 Å². The Labute approximate surface area is 125 Å². The molecule has 0 amide bonds. The van der Waals surface area contributed by atoms with Crippen molar-refractivity contribution in [3.8, 4) is 0 Å². The van der Waals surface area contributed by atoms with Crippen LogP contribution >= 0.6 is 15.9 Å². The molecule has 0 aliphatic rings. The van der Waals surface area contributed by atoms with Crippen LogP contribution in [0.1, 0.15) is 45.6 Å². The Morgan fingerprint density at radius 3 is 2.21 bits per heavy atom. The van der Waals surface area contributed by atoms with Crippen LogP contribution in [0.25, 0.3) is 0 Å². The summed E-state index contributed by atoms with van der Waals surface area (Å²) < 4.78 is 1.05. The van der Waals surface area contributed by atoms with Gasteiger partial charge in [-0.3, -0.25) is 4.79 Å². The highest BCUT2D eigenvalue weighted by atomic mass is 79.9. The normalized spacial score (nSPS) is 13.0. The molecule has 2 nitrogen and oxygen atoms in total. The lowest BCUT2D eigenvalue weighted by Gasteiger charge is -2.19. The van der Waals surface area contributed by atoms with Gasteiger partial charge in [0.2, 0.25) is 0 Å². The fraction of sp³-hybridized carbons (Fsp3) is 0.562. The average molecular weight is 326 g/mol. The van der Waals surface area contributed by atoms with Crippen LogP contribution in [0.2, 0.25) is 0 Å². The van der Waals surface area contributed by atoms with E-state index in [0.29, 0.717) is 11.8 Å². The van der Waals surface area contributed by atoms with Gasteiger partial charge in [0.15, 0.2) is 0 Å². The number of hydrogen-bond donors (Lipinski definition) is 1. The summed E-state index contributed by atoms with van der Waals surface area (Å²) in [5, 5.41) is 3.39. The van der Waals surface area contributed by atoms with E-state index in [-0.39, 0.29) is 11.8 Å². The molecule has 1 atom stereocenters. The summed E-state index contributed by atoms with van der Waals surface area (Å²) in [7, 11) is 0. The van der Waals surface area contributed by atoms with Gasteiger partial charge in [-0.05, 0) is 30.7 Å². The number of rotatable bonds is 7. The minimum Gasteiger partial charge on any atom is -0.314 e. The monoisotopic (exact) mass is 325 g/mol. The maximum absolute atomic E-state index is 12.4. The van der Waals surface area contributed by atoms with Crippen molar-refractivity contribution in [2.45, 2.75) is 46.1 Å². The van der Waals surface area contributed by atoms with E-state index in [1.54, 1.807) is 0 Å². The first kappa shape index (κ1) is 16.4. The number of halogens is 1. The van der Waals surface area contributed by atoms with Crippen LogP contribution in [0.15, 0.2) is 28.7 Å². The molecular weight excluding hydrogens is 302 g/mol. The number of benzene rings is 1. The van der Waals surface area contributed by atoms with E-state index in [1.807, 2.05) is 38.1 Å². The minimum absolute atomic E-state index is 0.000602. The molecule has 1 aromatic carbocycles. The third-order valence-corrected chi connectivity index (χ3v) is 3.70. The van der Waals surface area contributed by atoms with Gasteiger partial charge in [0.1, 0.15) is 5.78 Å². The zero-order valence-electron chi connectivity index (χ0n) is 12.2. The number of carbonyl (C=O) groups is 1. The summed E-state index contributed by atoms with van der Waals surface area (Å²) in [5.41, 5.74) is 1.12. The molecule has 106 valence electrons. The lowest BCUT2D eigenvalue weighted by atomic mass is 9.86. The van der Waals surface area contributed by atoms with Crippen LogP contribution in [0, 0.1) is 5.92 Å². The molecule has 0 aromatic heterocycles. The Kier molecular flexibility index (Phi) is 6.73. The van der Waals surface area contributed by atoms with E-state index in [4.69, 9.17) is 0 Å². The minimum atomic E-state index is -0.000602. The molecule has 0 saturated carbocycles. The molecule has 0 aliphatic carbocycles. The van der Waals surface area contributed by atoms with E-state index in [2.05, 4.69) is 35.1 Å². The molecular formula is C16H24BrNO. The standard InChI is InChI=1S/C16H24BrNO/c1-11(2)16(19)15(9-10-18-12(3)4)13-5-7-14(17)8-6-13/h5-8,11-12,15,18H,9-10H2,1-4H3/t15-/m1/s1. The molecule has 1 rings (SSSR count). The first-order valence-corrected chi connectivity index (χ1v) is 7.73. The highest BCUT2D eigenvalue weighted by molar-refractivity contribution is 9.10. The molecule has 0 heterocycles. The zero-order valence-corrected chi connectivity index (χ0v) is 13.8. The molecule has 0 spiro atoms.